The van der Waals surface area contributed by atoms with Crippen molar-refractivity contribution in [1.29, 1.82) is 0 Å². The number of aromatic nitrogens is 2. The summed E-state index contributed by atoms with van der Waals surface area (Å²) < 4.78 is 32.2. The van der Waals surface area contributed by atoms with Gasteiger partial charge in [0.2, 0.25) is 17.6 Å². The molecule has 2 heterocycles. The summed E-state index contributed by atoms with van der Waals surface area (Å²) in [6.07, 6.45) is 0.146. The van der Waals surface area contributed by atoms with Gasteiger partial charge in [0, 0.05) is 30.3 Å². The van der Waals surface area contributed by atoms with Gasteiger partial charge < -0.3 is 9.42 Å². The Morgan fingerprint density at radius 3 is 2.50 bits per heavy atom. The number of hydrogen-bond acceptors (Lipinski definition) is 4. The molecule has 26 heavy (non-hydrogen) atoms. The number of halogens is 2. The number of nitrogens with zero attached hydrogens (tertiary/aromatic N) is 3. The predicted octanol–water partition coefficient (Wildman–Crippen LogP) is 3.84. The zero-order valence-electron chi connectivity index (χ0n) is 13.9. The van der Waals surface area contributed by atoms with Crippen LogP contribution in [0.15, 0.2) is 47.0 Å². The Hall–Kier alpha value is -3.09. The quantitative estimate of drug-likeness (QED) is 0.716. The molecular weight excluding hydrogens is 340 g/mol. The molecule has 3 aromatic rings. The van der Waals surface area contributed by atoms with E-state index < -0.39 is 11.6 Å². The minimum atomic E-state index is -0.726. The molecule has 4 rings (SSSR count). The number of benzene rings is 2. The van der Waals surface area contributed by atoms with Crippen molar-refractivity contribution in [2.24, 2.45) is 0 Å². The van der Waals surface area contributed by atoms with Crippen LogP contribution in [0.5, 0.6) is 0 Å². The highest BCUT2D eigenvalue weighted by atomic mass is 19.1. The average Bonchev–Trinajstić information content (AvgIpc) is 3.21. The Labute approximate surface area is 148 Å². The second-order valence-electron chi connectivity index (χ2n) is 6.36. The molecule has 0 saturated carbocycles. The molecule has 0 N–H and O–H groups in total. The van der Waals surface area contributed by atoms with E-state index in [-0.39, 0.29) is 30.5 Å². The Kier molecular flexibility index (Phi) is 3.99. The lowest BCUT2D eigenvalue weighted by Crippen LogP contribution is -2.24. The fourth-order valence-electron chi connectivity index (χ4n) is 3.04. The van der Waals surface area contributed by atoms with Gasteiger partial charge in [-0.25, -0.2) is 8.78 Å². The number of carbonyl (C=O) groups is 1. The first-order valence-corrected chi connectivity index (χ1v) is 8.17. The number of anilines is 1. The van der Waals surface area contributed by atoms with Gasteiger partial charge in [-0.3, -0.25) is 4.79 Å². The van der Waals surface area contributed by atoms with E-state index in [1.54, 1.807) is 0 Å². The van der Waals surface area contributed by atoms with Crippen LogP contribution in [0, 0.1) is 18.6 Å². The van der Waals surface area contributed by atoms with Gasteiger partial charge in [-0.2, -0.15) is 4.98 Å². The van der Waals surface area contributed by atoms with E-state index >= 15 is 0 Å². The van der Waals surface area contributed by atoms with Crippen LogP contribution in [-0.2, 0) is 4.79 Å². The minimum absolute atomic E-state index is 0.146. The van der Waals surface area contributed by atoms with Gasteiger partial charge in [0.25, 0.3) is 0 Å². The molecule has 2 aromatic carbocycles. The lowest BCUT2D eigenvalue weighted by atomic mass is 10.1. The summed E-state index contributed by atoms with van der Waals surface area (Å²) in [5.41, 5.74) is 2.13. The summed E-state index contributed by atoms with van der Waals surface area (Å²) >= 11 is 0. The van der Waals surface area contributed by atoms with Crippen LogP contribution in [0.2, 0.25) is 0 Å². The van der Waals surface area contributed by atoms with Gasteiger partial charge in [0.15, 0.2) is 0 Å². The molecule has 7 heteroatoms. The third-order valence-electron chi connectivity index (χ3n) is 4.38. The standard InChI is InChI=1S/C19H15F2N3O2/c1-11-2-4-12(5-3-11)18-22-19(26-23-18)13-6-17(25)24(10-13)16-8-14(20)7-15(21)9-16/h2-5,7-9,13H,6,10H2,1H3. The van der Waals surface area contributed by atoms with Gasteiger partial charge in [0.05, 0.1) is 5.92 Å². The topological polar surface area (TPSA) is 59.2 Å². The Morgan fingerprint density at radius 2 is 1.81 bits per heavy atom. The largest absolute Gasteiger partial charge is 0.339 e. The van der Waals surface area contributed by atoms with Crippen molar-refractivity contribution >= 4 is 11.6 Å². The van der Waals surface area contributed by atoms with Crippen LogP contribution in [0.3, 0.4) is 0 Å². The van der Waals surface area contributed by atoms with Crippen molar-refractivity contribution in [3.63, 3.8) is 0 Å². The van der Waals surface area contributed by atoms with Crippen LogP contribution >= 0.6 is 0 Å². The molecule has 1 saturated heterocycles. The average molecular weight is 355 g/mol. The summed E-state index contributed by atoms with van der Waals surface area (Å²) in [7, 11) is 0. The molecule has 132 valence electrons. The Balaban J connectivity index is 1.56. The first-order chi connectivity index (χ1) is 12.5. The molecule has 5 nitrogen and oxygen atoms in total. The third-order valence-corrected chi connectivity index (χ3v) is 4.38. The van der Waals surface area contributed by atoms with Gasteiger partial charge in [-0.05, 0) is 19.1 Å². The number of rotatable bonds is 3. The lowest BCUT2D eigenvalue weighted by Gasteiger charge is -2.16. The summed E-state index contributed by atoms with van der Waals surface area (Å²) in [6, 6.07) is 10.7. The third kappa shape index (κ3) is 3.08. The molecule has 0 radical (unpaired) electrons. The fraction of sp³-hybridized carbons (Fsp3) is 0.211. The van der Waals surface area contributed by atoms with Crippen LogP contribution in [0.25, 0.3) is 11.4 Å². The number of carbonyl (C=O) groups excluding carboxylic acids is 1. The van der Waals surface area contributed by atoms with E-state index in [1.165, 1.54) is 4.90 Å². The Morgan fingerprint density at radius 1 is 1.12 bits per heavy atom. The molecule has 0 aliphatic carbocycles. The van der Waals surface area contributed by atoms with Crippen molar-refractivity contribution in [3.8, 4) is 11.4 Å². The molecule has 1 fully saturated rings. The highest BCUT2D eigenvalue weighted by Gasteiger charge is 2.35. The van der Waals surface area contributed by atoms with E-state index in [4.69, 9.17) is 4.52 Å². The molecule has 1 atom stereocenters. The molecular formula is C19H15F2N3O2. The molecule has 1 aliphatic rings. The zero-order valence-corrected chi connectivity index (χ0v) is 13.9. The molecule has 0 spiro atoms. The lowest BCUT2D eigenvalue weighted by molar-refractivity contribution is -0.117. The van der Waals surface area contributed by atoms with Gasteiger partial charge in [-0.1, -0.05) is 35.0 Å². The van der Waals surface area contributed by atoms with Crippen molar-refractivity contribution in [2.45, 2.75) is 19.3 Å². The molecule has 1 aromatic heterocycles. The number of amides is 1. The molecule has 1 unspecified atom stereocenters. The molecule has 0 bridgehead atoms. The highest BCUT2D eigenvalue weighted by Crippen LogP contribution is 2.32. The smallest absolute Gasteiger partial charge is 0.232 e. The van der Waals surface area contributed by atoms with Gasteiger partial charge in [-0.15, -0.1) is 0 Å². The van der Waals surface area contributed by atoms with E-state index in [0.717, 1.165) is 29.3 Å². The van der Waals surface area contributed by atoms with Crippen LogP contribution in [0.4, 0.5) is 14.5 Å². The SMILES string of the molecule is Cc1ccc(-c2noc(C3CC(=O)N(c4cc(F)cc(F)c4)C3)n2)cc1. The summed E-state index contributed by atoms with van der Waals surface area (Å²) in [6.45, 7) is 2.22. The van der Waals surface area contributed by atoms with Gasteiger partial charge in [0.1, 0.15) is 11.6 Å². The summed E-state index contributed by atoms with van der Waals surface area (Å²) in [5, 5.41) is 3.98. The monoisotopic (exact) mass is 355 g/mol. The highest BCUT2D eigenvalue weighted by molar-refractivity contribution is 5.96. The van der Waals surface area contributed by atoms with Crippen molar-refractivity contribution < 1.29 is 18.1 Å². The second kappa shape index (κ2) is 6.33. The van der Waals surface area contributed by atoms with Gasteiger partial charge >= 0.3 is 0 Å². The van der Waals surface area contributed by atoms with E-state index in [9.17, 15) is 13.6 Å². The molecule has 1 aliphatic heterocycles. The maximum absolute atomic E-state index is 13.4. The summed E-state index contributed by atoms with van der Waals surface area (Å²) in [5.74, 6) is -1.22. The van der Waals surface area contributed by atoms with E-state index in [0.29, 0.717) is 11.7 Å². The van der Waals surface area contributed by atoms with Crippen LogP contribution in [-0.4, -0.2) is 22.6 Å². The van der Waals surface area contributed by atoms with Crippen molar-refractivity contribution in [2.75, 3.05) is 11.4 Å². The maximum atomic E-state index is 13.4. The normalized spacial score (nSPS) is 17.1. The first-order valence-electron chi connectivity index (χ1n) is 8.17. The second-order valence-corrected chi connectivity index (χ2v) is 6.36. The maximum Gasteiger partial charge on any atom is 0.232 e. The van der Waals surface area contributed by atoms with E-state index in [2.05, 4.69) is 10.1 Å². The molecule has 1 amide bonds. The zero-order chi connectivity index (χ0) is 18.3. The number of aryl methyl sites for hydroxylation is 1. The van der Waals surface area contributed by atoms with Crippen molar-refractivity contribution in [1.82, 2.24) is 10.1 Å². The Bertz CT molecular complexity index is 949. The summed E-state index contributed by atoms with van der Waals surface area (Å²) in [4.78, 5) is 18.0. The van der Waals surface area contributed by atoms with Crippen LogP contribution < -0.4 is 4.90 Å². The predicted molar refractivity (Wildman–Crippen MR) is 90.5 cm³/mol. The van der Waals surface area contributed by atoms with Crippen LogP contribution in [0.1, 0.15) is 23.8 Å². The first kappa shape index (κ1) is 16.4. The van der Waals surface area contributed by atoms with E-state index in [1.807, 2.05) is 31.2 Å². The minimum Gasteiger partial charge on any atom is -0.339 e. The van der Waals surface area contributed by atoms with Crippen molar-refractivity contribution in [3.05, 3.63) is 65.6 Å². The fourth-order valence-corrected chi connectivity index (χ4v) is 3.04. The number of hydrogen-bond donors (Lipinski definition) is 0.